The van der Waals surface area contributed by atoms with Crippen molar-refractivity contribution in [3.63, 3.8) is 0 Å². The minimum atomic E-state index is -3.74. The summed E-state index contributed by atoms with van der Waals surface area (Å²) in [5.74, 6) is 0.456. The fourth-order valence-electron chi connectivity index (χ4n) is 2.69. The second-order valence-electron chi connectivity index (χ2n) is 5.62. The molecule has 0 amide bonds. The maximum atomic E-state index is 12.4. The van der Waals surface area contributed by atoms with Crippen molar-refractivity contribution in [2.75, 3.05) is 13.7 Å². The van der Waals surface area contributed by atoms with Crippen LogP contribution in [0.4, 0.5) is 0 Å². The summed E-state index contributed by atoms with van der Waals surface area (Å²) in [6.45, 7) is -0.118. The van der Waals surface area contributed by atoms with Crippen molar-refractivity contribution in [2.45, 2.75) is 11.0 Å². The molecule has 0 fully saturated rings. The molecule has 3 aromatic rings. The van der Waals surface area contributed by atoms with Crippen LogP contribution in [0.3, 0.4) is 0 Å². The van der Waals surface area contributed by atoms with Gasteiger partial charge in [0.1, 0.15) is 5.75 Å². The van der Waals surface area contributed by atoms with E-state index in [1.165, 1.54) is 19.2 Å². The Morgan fingerprint density at radius 3 is 2.56 bits per heavy atom. The van der Waals surface area contributed by atoms with Gasteiger partial charge in [0.15, 0.2) is 0 Å². The van der Waals surface area contributed by atoms with Crippen LogP contribution in [0.25, 0.3) is 10.8 Å². The zero-order valence-corrected chi connectivity index (χ0v) is 14.5. The molecule has 0 radical (unpaired) electrons. The van der Waals surface area contributed by atoms with Gasteiger partial charge in [-0.3, -0.25) is 0 Å². The summed E-state index contributed by atoms with van der Waals surface area (Å²) in [4.78, 5) is 0.0944. The first-order valence-corrected chi connectivity index (χ1v) is 9.29. The Bertz CT molecular complexity index is 980. The molecule has 130 valence electrons. The molecular weight excluding hydrogens is 338 g/mol. The topological polar surface area (TPSA) is 75.6 Å². The average Bonchev–Trinajstić information content (AvgIpc) is 2.65. The standard InChI is InChI=1S/C19H19NO4S/c1-24-15-8-5-9-16(12-15)25(22,23)20-13-19(21)18-11-4-7-14-6-2-3-10-17(14)18/h2-12,19-21H,13H2,1H3. The molecular formula is C19H19NO4S. The molecule has 0 spiro atoms. The quantitative estimate of drug-likeness (QED) is 0.711. The highest BCUT2D eigenvalue weighted by Crippen LogP contribution is 2.24. The number of sulfonamides is 1. The number of rotatable bonds is 6. The summed E-state index contributed by atoms with van der Waals surface area (Å²) in [5, 5.41) is 12.4. The normalized spacial score (nSPS) is 12.9. The summed E-state index contributed by atoms with van der Waals surface area (Å²) in [6, 6.07) is 19.5. The highest BCUT2D eigenvalue weighted by molar-refractivity contribution is 7.89. The van der Waals surface area contributed by atoms with Crippen molar-refractivity contribution in [3.05, 3.63) is 72.3 Å². The summed E-state index contributed by atoms with van der Waals surface area (Å²) in [6.07, 6.45) is -0.952. The van der Waals surface area contributed by atoms with Crippen molar-refractivity contribution in [1.29, 1.82) is 0 Å². The first kappa shape index (κ1) is 17.4. The maximum absolute atomic E-state index is 12.4. The van der Waals surface area contributed by atoms with E-state index in [0.717, 1.165) is 10.8 Å². The number of nitrogens with one attached hydrogen (secondary N) is 1. The number of hydrogen-bond donors (Lipinski definition) is 2. The van der Waals surface area contributed by atoms with Crippen LogP contribution >= 0.6 is 0 Å². The third kappa shape index (κ3) is 3.82. The van der Waals surface area contributed by atoms with Crippen molar-refractivity contribution in [2.24, 2.45) is 0 Å². The van der Waals surface area contributed by atoms with Crippen LogP contribution in [0, 0.1) is 0 Å². The molecule has 3 aromatic carbocycles. The summed E-state index contributed by atoms with van der Waals surface area (Å²) < 4.78 is 32.4. The lowest BCUT2D eigenvalue weighted by atomic mass is 10.0. The number of aliphatic hydroxyl groups is 1. The lowest BCUT2D eigenvalue weighted by Crippen LogP contribution is -2.28. The van der Waals surface area contributed by atoms with E-state index >= 15 is 0 Å². The monoisotopic (exact) mass is 357 g/mol. The fraction of sp³-hybridized carbons (Fsp3) is 0.158. The van der Waals surface area contributed by atoms with E-state index in [1.54, 1.807) is 18.2 Å². The van der Waals surface area contributed by atoms with Crippen LogP contribution in [-0.2, 0) is 10.0 Å². The molecule has 0 aliphatic rings. The van der Waals surface area contributed by atoms with Crippen molar-refractivity contribution < 1.29 is 18.3 Å². The van der Waals surface area contributed by atoms with E-state index in [9.17, 15) is 13.5 Å². The van der Waals surface area contributed by atoms with E-state index in [1.807, 2.05) is 36.4 Å². The number of hydrogen-bond acceptors (Lipinski definition) is 4. The molecule has 25 heavy (non-hydrogen) atoms. The minimum Gasteiger partial charge on any atom is -0.497 e. The van der Waals surface area contributed by atoms with E-state index < -0.39 is 16.1 Å². The molecule has 0 aliphatic heterocycles. The largest absolute Gasteiger partial charge is 0.497 e. The molecule has 0 saturated heterocycles. The zero-order chi connectivity index (χ0) is 17.9. The molecule has 0 aliphatic carbocycles. The molecule has 2 N–H and O–H groups in total. The second kappa shape index (κ2) is 7.23. The van der Waals surface area contributed by atoms with Gasteiger partial charge in [0.2, 0.25) is 10.0 Å². The van der Waals surface area contributed by atoms with Crippen molar-refractivity contribution in [3.8, 4) is 5.75 Å². The molecule has 0 bridgehead atoms. The predicted molar refractivity (Wildman–Crippen MR) is 97.1 cm³/mol. The fourth-order valence-corrected chi connectivity index (χ4v) is 3.76. The van der Waals surface area contributed by atoms with Crippen LogP contribution in [0.15, 0.2) is 71.6 Å². The average molecular weight is 357 g/mol. The smallest absolute Gasteiger partial charge is 0.240 e. The number of methoxy groups -OCH3 is 1. The van der Waals surface area contributed by atoms with Crippen molar-refractivity contribution >= 4 is 20.8 Å². The van der Waals surface area contributed by atoms with Gasteiger partial charge in [-0.1, -0.05) is 48.5 Å². The van der Waals surface area contributed by atoms with Gasteiger partial charge in [0, 0.05) is 12.6 Å². The summed E-state index contributed by atoms with van der Waals surface area (Å²) >= 11 is 0. The number of benzene rings is 3. The Balaban J connectivity index is 1.80. The van der Waals surface area contributed by atoms with Crippen LogP contribution in [0.5, 0.6) is 5.75 Å². The Labute approximate surface area is 146 Å². The highest BCUT2D eigenvalue weighted by Gasteiger charge is 2.18. The van der Waals surface area contributed by atoms with Gasteiger partial charge in [0.25, 0.3) is 0 Å². The Morgan fingerprint density at radius 2 is 1.76 bits per heavy atom. The summed E-state index contributed by atoms with van der Waals surface area (Å²) in [7, 11) is -2.26. The van der Waals surface area contributed by atoms with Crippen LogP contribution in [-0.4, -0.2) is 27.2 Å². The van der Waals surface area contributed by atoms with Gasteiger partial charge in [-0.2, -0.15) is 0 Å². The molecule has 0 saturated carbocycles. The summed E-state index contributed by atoms with van der Waals surface area (Å²) in [5.41, 5.74) is 0.687. The van der Waals surface area contributed by atoms with Crippen LogP contribution in [0.2, 0.25) is 0 Å². The van der Waals surface area contributed by atoms with Gasteiger partial charge in [-0.05, 0) is 28.5 Å². The van der Waals surface area contributed by atoms with Gasteiger partial charge in [-0.25, -0.2) is 13.1 Å². The Morgan fingerprint density at radius 1 is 1.04 bits per heavy atom. The minimum absolute atomic E-state index is 0.0944. The first-order valence-electron chi connectivity index (χ1n) is 7.81. The van der Waals surface area contributed by atoms with Gasteiger partial charge in [0.05, 0.1) is 18.1 Å². The van der Waals surface area contributed by atoms with Crippen LogP contribution in [0.1, 0.15) is 11.7 Å². The van der Waals surface area contributed by atoms with E-state index in [-0.39, 0.29) is 11.4 Å². The van der Waals surface area contributed by atoms with Gasteiger partial charge < -0.3 is 9.84 Å². The van der Waals surface area contributed by atoms with E-state index in [4.69, 9.17) is 4.74 Å². The molecule has 1 unspecified atom stereocenters. The SMILES string of the molecule is COc1cccc(S(=O)(=O)NCC(O)c2cccc3ccccc23)c1. The second-order valence-corrected chi connectivity index (χ2v) is 7.38. The highest BCUT2D eigenvalue weighted by atomic mass is 32.2. The third-order valence-corrected chi connectivity index (χ3v) is 5.42. The van der Waals surface area contributed by atoms with E-state index in [2.05, 4.69) is 4.72 Å². The predicted octanol–water partition coefficient (Wildman–Crippen LogP) is 2.86. The molecule has 0 aromatic heterocycles. The van der Waals surface area contributed by atoms with Crippen LogP contribution < -0.4 is 9.46 Å². The maximum Gasteiger partial charge on any atom is 0.240 e. The van der Waals surface area contributed by atoms with Gasteiger partial charge in [-0.15, -0.1) is 0 Å². The zero-order valence-electron chi connectivity index (χ0n) is 13.7. The molecule has 0 heterocycles. The number of aliphatic hydroxyl groups excluding tert-OH is 1. The number of fused-ring (bicyclic) bond motifs is 1. The lowest BCUT2D eigenvalue weighted by molar-refractivity contribution is 0.183. The molecule has 5 nitrogen and oxygen atoms in total. The molecule has 6 heteroatoms. The number of ether oxygens (including phenoxy) is 1. The molecule has 3 rings (SSSR count). The Hall–Kier alpha value is -2.41. The first-order chi connectivity index (χ1) is 12.0. The van der Waals surface area contributed by atoms with Crippen molar-refractivity contribution in [1.82, 2.24) is 4.72 Å². The Kier molecular flexibility index (Phi) is 5.03. The van der Waals surface area contributed by atoms with Gasteiger partial charge >= 0.3 is 0 Å². The van der Waals surface area contributed by atoms with E-state index in [0.29, 0.717) is 11.3 Å². The third-order valence-electron chi connectivity index (χ3n) is 4.00. The molecule has 1 atom stereocenters. The lowest BCUT2D eigenvalue weighted by Gasteiger charge is -2.15.